The zero-order chi connectivity index (χ0) is 39.0. The summed E-state index contributed by atoms with van der Waals surface area (Å²) in [5, 5.41) is 21.3. The summed E-state index contributed by atoms with van der Waals surface area (Å²) >= 11 is 0. The molecule has 0 bridgehead atoms. The number of aliphatic hydroxyl groups excluding tert-OH is 2. The number of aromatic amines is 2. The van der Waals surface area contributed by atoms with E-state index < -0.39 is 41.7 Å². The average molecular weight is 788 g/mol. The number of nitrogen functional groups attached to an aromatic ring is 2. The van der Waals surface area contributed by atoms with Crippen LogP contribution in [-0.2, 0) is 23.1 Å². The molecule has 4 aromatic heterocycles. The lowest BCUT2D eigenvalue weighted by Crippen LogP contribution is -2.43. The van der Waals surface area contributed by atoms with E-state index in [9.17, 15) is 29.2 Å². The number of carbonyl (C=O) groups is 1. The Balaban J connectivity index is 0.000000244. The normalized spacial score (nSPS) is 23.3. The molecule has 0 unspecified atom stereocenters. The number of rotatable bonds is 12. The summed E-state index contributed by atoms with van der Waals surface area (Å²) < 4.78 is 33.3. The second kappa shape index (κ2) is 16.2. The Bertz CT molecular complexity index is 2250. The molecule has 21 heteroatoms. The lowest BCUT2D eigenvalue weighted by molar-refractivity contribution is -0.148. The summed E-state index contributed by atoms with van der Waals surface area (Å²) in [7, 11) is -3.70. The summed E-state index contributed by atoms with van der Waals surface area (Å²) in [6.45, 7) is 8.23. The largest absolute Gasteiger partial charge is 0.464 e. The van der Waals surface area contributed by atoms with Crippen molar-refractivity contribution in [2.45, 2.75) is 66.8 Å². The van der Waals surface area contributed by atoms with E-state index in [4.69, 9.17) is 25.3 Å². The topological polar surface area (TPSA) is 294 Å². The molecule has 3 fully saturated rings. The molecule has 20 nitrogen and oxygen atoms in total. The second-order valence-electron chi connectivity index (χ2n) is 14.3. The van der Waals surface area contributed by atoms with E-state index in [1.54, 1.807) is 15.3 Å². The van der Waals surface area contributed by atoms with Gasteiger partial charge in [-0.25, -0.2) is 19.6 Å². The second-order valence-corrected chi connectivity index (χ2v) is 16.1. The van der Waals surface area contributed by atoms with Crippen molar-refractivity contribution >= 4 is 60.3 Å². The Morgan fingerprint density at radius 1 is 0.964 bits per heavy atom. The molecule has 1 aliphatic heterocycles. The minimum atomic E-state index is -3.70. The van der Waals surface area contributed by atoms with Crippen molar-refractivity contribution in [2.75, 3.05) is 44.5 Å². The van der Waals surface area contributed by atoms with Crippen molar-refractivity contribution in [1.82, 2.24) is 44.1 Å². The van der Waals surface area contributed by atoms with Crippen LogP contribution in [-0.4, -0.2) is 94.3 Å². The van der Waals surface area contributed by atoms with Gasteiger partial charge < -0.3 is 26.4 Å². The van der Waals surface area contributed by atoms with Gasteiger partial charge >= 0.3 is 13.7 Å². The molecule has 0 amide bonds. The maximum atomic E-state index is 13.2. The fourth-order valence-corrected chi connectivity index (χ4v) is 7.90. The number of imidazole rings is 2. The summed E-state index contributed by atoms with van der Waals surface area (Å²) in [5.74, 6) is -0.323. The highest BCUT2D eigenvalue weighted by molar-refractivity contribution is 7.51. The maximum absolute atomic E-state index is 13.2. The first-order valence-corrected chi connectivity index (χ1v) is 19.2. The van der Waals surface area contributed by atoms with Crippen LogP contribution in [0.2, 0.25) is 0 Å². The molecule has 55 heavy (non-hydrogen) atoms. The Kier molecular flexibility index (Phi) is 12.2. The molecule has 3 aliphatic rings. The van der Waals surface area contributed by atoms with Crippen LogP contribution >= 0.6 is 7.75 Å². The van der Waals surface area contributed by atoms with E-state index in [1.807, 2.05) is 20.0 Å². The fourth-order valence-electron chi connectivity index (χ4n) is 6.10. The minimum absolute atomic E-state index is 0. The molecular formula is C34H50N11O9P. The predicted molar refractivity (Wildman–Crippen MR) is 205 cm³/mol. The smallest absolute Gasteiger partial charge is 0.406 e. The lowest BCUT2D eigenvalue weighted by Gasteiger charge is -2.32. The number of nitrogens with two attached hydrogens (primary N) is 2. The molecule has 2 saturated carbocycles. The minimum Gasteiger partial charge on any atom is -0.464 e. The third kappa shape index (κ3) is 8.58. The van der Waals surface area contributed by atoms with Crippen molar-refractivity contribution in [3.8, 4) is 0 Å². The molecule has 9 N–H and O–H groups in total. The van der Waals surface area contributed by atoms with Gasteiger partial charge in [0.2, 0.25) is 11.9 Å². The average Bonchev–Trinajstić information content (AvgIpc) is 3.90. The molecule has 1 spiro atoms. The van der Waals surface area contributed by atoms with E-state index in [1.165, 1.54) is 12.7 Å². The van der Waals surface area contributed by atoms with Gasteiger partial charge in [0.15, 0.2) is 22.3 Å². The molecule has 0 aromatic carbocycles. The van der Waals surface area contributed by atoms with E-state index in [0.29, 0.717) is 36.7 Å². The summed E-state index contributed by atoms with van der Waals surface area (Å²) in [5.41, 5.74) is 12.3. The number of fused-ring (bicyclic) bond motifs is 2. The van der Waals surface area contributed by atoms with Crippen LogP contribution in [0.25, 0.3) is 34.7 Å². The first kappa shape index (κ1) is 41.4. The lowest BCUT2D eigenvalue weighted by atomic mass is 10.0. The van der Waals surface area contributed by atoms with E-state index in [0.717, 1.165) is 24.0 Å². The number of esters is 1. The van der Waals surface area contributed by atoms with Crippen LogP contribution in [0.4, 0.5) is 11.9 Å². The third-order valence-electron chi connectivity index (χ3n) is 10.1. The molecular weight excluding hydrogens is 737 g/mol. The van der Waals surface area contributed by atoms with Crippen LogP contribution in [0.15, 0.2) is 33.4 Å². The van der Waals surface area contributed by atoms with Gasteiger partial charge in [-0.2, -0.15) is 9.97 Å². The highest BCUT2D eigenvalue weighted by atomic mass is 31.2. The number of H-pyrrole nitrogens is 2. The quantitative estimate of drug-likeness (QED) is 0.0800. The Hall–Kier alpha value is -4.72. The first-order valence-electron chi connectivity index (χ1n) is 17.6. The standard InChI is InChI=1S/C22H33N6O6P.C11H13N5O3.CH4/c1-5-14(6-2)9-32-20(30)16(13(3)4)27-35(31)33-10-22(11-34-35)7-15(22)8-28-12-24-17-18(28)25-21(23)26-19(17)29;12-10-14-8-7(9(19)15-10)13-5-16(8)2-6-1-11(6,3-17)4-18;/h8,12-14,16H,5-7,9-11H2,1-4H3,(H,27,31)(H3,23,25,26,29);2,5,17-18H,1,3-4H2,(H3,12,14,15,19);1H4/b15-8-;6-2-;/t16-,22?,35?;;/m0../s1. The monoisotopic (exact) mass is 787 g/mol. The summed E-state index contributed by atoms with van der Waals surface area (Å²) in [6.07, 6.45) is 9.58. The zero-order valence-electron chi connectivity index (χ0n) is 30.4. The molecule has 1 atom stereocenters. The number of hydrogen-bond donors (Lipinski definition) is 7. The number of carbonyl (C=O) groups excluding carboxylic acids is 1. The number of ether oxygens (including phenoxy) is 1. The molecule has 7 rings (SSSR count). The number of anilines is 2. The van der Waals surface area contributed by atoms with Crippen LogP contribution in [0.5, 0.6) is 0 Å². The summed E-state index contributed by atoms with van der Waals surface area (Å²) in [4.78, 5) is 57.3. The van der Waals surface area contributed by atoms with Crippen molar-refractivity contribution in [1.29, 1.82) is 0 Å². The van der Waals surface area contributed by atoms with Crippen molar-refractivity contribution < 1.29 is 33.4 Å². The van der Waals surface area contributed by atoms with Crippen molar-refractivity contribution in [2.24, 2.45) is 22.7 Å². The summed E-state index contributed by atoms with van der Waals surface area (Å²) in [6, 6.07) is -0.814. The number of aliphatic hydroxyl groups is 2. The third-order valence-corrected chi connectivity index (χ3v) is 11.7. The van der Waals surface area contributed by atoms with Gasteiger partial charge in [-0.15, -0.1) is 0 Å². The van der Waals surface area contributed by atoms with Crippen LogP contribution in [0.3, 0.4) is 0 Å². The van der Waals surface area contributed by atoms with Gasteiger partial charge in [0.1, 0.15) is 18.7 Å². The van der Waals surface area contributed by atoms with E-state index >= 15 is 0 Å². The predicted octanol–water partition coefficient (Wildman–Crippen LogP) is 2.23. The van der Waals surface area contributed by atoms with Gasteiger partial charge in [-0.05, 0) is 35.8 Å². The van der Waals surface area contributed by atoms with Gasteiger partial charge in [0, 0.05) is 23.2 Å². The Morgan fingerprint density at radius 2 is 1.47 bits per heavy atom. The SMILES string of the molecule is C.CCC(CC)COC(=O)[C@@H](NP1(=O)OCC2(CO1)C/C2=C/n1cnc2c(=O)[nH]c(N)nc21)C(C)C.Nc1nc2c(ncn2/C=C2/CC2(CO)CO)c(=O)[nH]1. The van der Waals surface area contributed by atoms with Crippen LogP contribution in [0, 0.1) is 22.7 Å². The number of hydrogen-bond acceptors (Lipinski definition) is 15. The van der Waals surface area contributed by atoms with Crippen molar-refractivity contribution in [3.05, 3.63) is 44.5 Å². The van der Waals surface area contributed by atoms with E-state index in [2.05, 4.69) is 48.8 Å². The molecule has 2 aliphatic carbocycles. The molecule has 4 aromatic rings. The molecule has 1 saturated heterocycles. The van der Waals surface area contributed by atoms with Gasteiger partial charge in [0.05, 0.1) is 33.0 Å². The molecule has 5 heterocycles. The highest BCUT2D eigenvalue weighted by Gasteiger charge is 2.56. The van der Waals surface area contributed by atoms with Gasteiger partial charge in [0.25, 0.3) is 11.1 Å². The van der Waals surface area contributed by atoms with Crippen LogP contribution < -0.4 is 27.7 Å². The number of nitrogens with zero attached hydrogens (tertiary/aromatic N) is 6. The van der Waals surface area contributed by atoms with Gasteiger partial charge in [-0.3, -0.25) is 42.5 Å². The number of nitrogens with one attached hydrogen (secondary N) is 3. The maximum Gasteiger partial charge on any atom is 0.406 e. The molecule has 0 radical (unpaired) electrons. The van der Waals surface area contributed by atoms with Crippen molar-refractivity contribution in [3.63, 3.8) is 0 Å². The Morgan fingerprint density at radius 3 is 1.93 bits per heavy atom. The Labute approximate surface area is 316 Å². The molecule has 300 valence electrons. The van der Waals surface area contributed by atoms with Crippen LogP contribution in [0.1, 0.15) is 60.8 Å². The number of aromatic nitrogens is 8. The first-order chi connectivity index (χ1) is 25.7. The van der Waals surface area contributed by atoms with E-state index in [-0.39, 0.29) is 62.7 Å². The zero-order valence-corrected chi connectivity index (χ0v) is 31.3. The fraction of sp³-hybridized carbons (Fsp3) is 0.559. The highest BCUT2D eigenvalue weighted by Crippen LogP contribution is 2.62. The van der Waals surface area contributed by atoms with Gasteiger partial charge in [-0.1, -0.05) is 48.0 Å².